The van der Waals surface area contributed by atoms with Crippen molar-refractivity contribution in [3.05, 3.63) is 35.4 Å². The van der Waals surface area contributed by atoms with Crippen molar-refractivity contribution >= 4 is 0 Å². The van der Waals surface area contributed by atoms with Gasteiger partial charge in [-0.2, -0.15) is 0 Å². The van der Waals surface area contributed by atoms with E-state index in [1.807, 2.05) is 0 Å². The maximum Gasteiger partial charge on any atom is 0.130 e. The number of halogens is 2. The molecule has 0 bridgehead atoms. The number of benzene rings is 1. The van der Waals surface area contributed by atoms with Gasteiger partial charge in [0.05, 0.1) is 0 Å². The van der Waals surface area contributed by atoms with E-state index < -0.39 is 11.6 Å². The van der Waals surface area contributed by atoms with E-state index in [2.05, 4.69) is 6.92 Å². The summed E-state index contributed by atoms with van der Waals surface area (Å²) in [5.41, 5.74) is 6.32. The molecule has 0 aliphatic carbocycles. The summed E-state index contributed by atoms with van der Waals surface area (Å²) in [6.45, 7) is 2.17. The number of rotatable bonds is 7. The van der Waals surface area contributed by atoms with Crippen LogP contribution < -0.4 is 5.73 Å². The van der Waals surface area contributed by atoms with Gasteiger partial charge in [-0.25, -0.2) is 8.78 Å². The van der Waals surface area contributed by atoms with Crippen LogP contribution >= 0.6 is 0 Å². The lowest BCUT2D eigenvalue weighted by Crippen LogP contribution is -2.12. The largest absolute Gasteiger partial charge is 0.324 e. The van der Waals surface area contributed by atoms with Gasteiger partial charge in [-0.15, -0.1) is 0 Å². The second-order valence-corrected chi connectivity index (χ2v) is 4.48. The molecule has 1 aromatic carbocycles. The molecule has 0 saturated heterocycles. The Labute approximate surface area is 102 Å². The smallest absolute Gasteiger partial charge is 0.130 e. The van der Waals surface area contributed by atoms with Gasteiger partial charge >= 0.3 is 0 Å². The molecule has 1 atom stereocenters. The second kappa shape index (κ2) is 7.38. The van der Waals surface area contributed by atoms with Crippen LogP contribution in [-0.4, -0.2) is 0 Å². The average Bonchev–Trinajstić information content (AvgIpc) is 2.28. The topological polar surface area (TPSA) is 26.0 Å². The minimum Gasteiger partial charge on any atom is -0.324 e. The van der Waals surface area contributed by atoms with Crippen LogP contribution in [0.2, 0.25) is 0 Å². The lowest BCUT2D eigenvalue weighted by atomic mass is 10.00. The Morgan fingerprint density at radius 3 is 2.47 bits per heavy atom. The summed E-state index contributed by atoms with van der Waals surface area (Å²) in [6.07, 6.45) is 6.53. The molecule has 3 heteroatoms. The predicted molar refractivity (Wildman–Crippen MR) is 66.7 cm³/mol. The molecule has 0 fully saturated rings. The maximum absolute atomic E-state index is 13.4. The molecule has 1 rings (SSSR count). The third kappa shape index (κ3) is 4.82. The maximum atomic E-state index is 13.4. The summed E-state index contributed by atoms with van der Waals surface area (Å²) >= 11 is 0. The van der Waals surface area contributed by atoms with E-state index in [9.17, 15) is 8.78 Å². The molecule has 1 unspecified atom stereocenters. The first-order chi connectivity index (χ1) is 8.15. The Morgan fingerprint density at radius 1 is 1.12 bits per heavy atom. The fraction of sp³-hybridized carbons (Fsp3) is 0.571. The minimum atomic E-state index is -0.554. The van der Waals surface area contributed by atoms with Crippen molar-refractivity contribution in [2.24, 2.45) is 5.73 Å². The molecule has 0 saturated carbocycles. The van der Waals surface area contributed by atoms with E-state index in [0.29, 0.717) is 5.56 Å². The Kier molecular flexibility index (Phi) is 6.12. The Morgan fingerprint density at radius 2 is 1.82 bits per heavy atom. The van der Waals surface area contributed by atoms with E-state index in [1.54, 1.807) is 0 Å². The highest BCUT2D eigenvalue weighted by Crippen LogP contribution is 2.21. The Bertz CT molecular complexity index is 339. The van der Waals surface area contributed by atoms with E-state index >= 15 is 0 Å². The molecule has 0 radical (unpaired) electrons. The van der Waals surface area contributed by atoms with Gasteiger partial charge in [0.1, 0.15) is 11.6 Å². The van der Waals surface area contributed by atoms with Gasteiger partial charge in [0.25, 0.3) is 0 Å². The molecular formula is C14H21F2N. The van der Waals surface area contributed by atoms with Crippen molar-refractivity contribution in [3.8, 4) is 0 Å². The molecule has 0 amide bonds. The quantitative estimate of drug-likeness (QED) is 0.707. The van der Waals surface area contributed by atoms with Crippen LogP contribution in [0.4, 0.5) is 8.78 Å². The van der Waals surface area contributed by atoms with Gasteiger partial charge < -0.3 is 5.73 Å². The highest BCUT2D eigenvalue weighted by molar-refractivity contribution is 5.21. The molecule has 1 nitrogen and oxygen atoms in total. The summed E-state index contributed by atoms with van der Waals surface area (Å²) in [5.74, 6) is -1.09. The van der Waals surface area contributed by atoms with Gasteiger partial charge in [0.15, 0.2) is 0 Å². The lowest BCUT2D eigenvalue weighted by Gasteiger charge is -2.12. The zero-order valence-corrected chi connectivity index (χ0v) is 10.4. The standard InChI is InChI=1S/C14H21F2N/c1-2-3-4-5-6-7-14(17)12-9-8-11(15)10-13(12)16/h8-10,14H,2-7,17H2,1H3. The molecule has 0 spiro atoms. The normalized spacial score (nSPS) is 12.7. The van der Waals surface area contributed by atoms with Crippen LogP contribution in [0.25, 0.3) is 0 Å². The highest BCUT2D eigenvalue weighted by atomic mass is 19.1. The first-order valence-electron chi connectivity index (χ1n) is 6.35. The fourth-order valence-corrected chi connectivity index (χ4v) is 1.93. The molecule has 17 heavy (non-hydrogen) atoms. The number of nitrogens with two attached hydrogens (primary N) is 1. The third-order valence-electron chi connectivity index (χ3n) is 2.98. The summed E-state index contributed by atoms with van der Waals surface area (Å²) in [4.78, 5) is 0. The predicted octanol–water partition coefficient (Wildman–Crippen LogP) is 4.33. The SMILES string of the molecule is CCCCCCCC(N)c1ccc(F)cc1F. The molecule has 0 aliphatic rings. The molecule has 2 N–H and O–H groups in total. The van der Waals surface area contributed by atoms with E-state index in [4.69, 9.17) is 5.73 Å². The Balaban J connectivity index is 2.38. The number of hydrogen-bond acceptors (Lipinski definition) is 1. The fourth-order valence-electron chi connectivity index (χ4n) is 1.93. The number of hydrogen-bond donors (Lipinski definition) is 1. The van der Waals surface area contributed by atoms with Gasteiger partial charge in [0.2, 0.25) is 0 Å². The van der Waals surface area contributed by atoms with E-state index in [-0.39, 0.29) is 6.04 Å². The first-order valence-corrected chi connectivity index (χ1v) is 6.35. The van der Waals surface area contributed by atoms with Crippen molar-refractivity contribution in [1.29, 1.82) is 0 Å². The zero-order valence-electron chi connectivity index (χ0n) is 10.4. The minimum absolute atomic E-state index is 0.322. The average molecular weight is 241 g/mol. The second-order valence-electron chi connectivity index (χ2n) is 4.48. The van der Waals surface area contributed by atoms with Gasteiger partial charge in [-0.3, -0.25) is 0 Å². The Hall–Kier alpha value is -0.960. The first kappa shape index (κ1) is 14.1. The van der Waals surface area contributed by atoms with Gasteiger partial charge in [0, 0.05) is 17.7 Å². The summed E-state index contributed by atoms with van der Waals surface area (Å²) in [7, 11) is 0. The van der Waals surface area contributed by atoms with Crippen molar-refractivity contribution in [2.45, 2.75) is 51.5 Å². The van der Waals surface area contributed by atoms with Crippen molar-refractivity contribution < 1.29 is 8.78 Å². The van der Waals surface area contributed by atoms with Crippen LogP contribution in [-0.2, 0) is 0 Å². The van der Waals surface area contributed by atoms with Crippen LogP contribution in [0.5, 0.6) is 0 Å². The zero-order chi connectivity index (χ0) is 12.7. The van der Waals surface area contributed by atoms with Gasteiger partial charge in [-0.1, -0.05) is 45.1 Å². The van der Waals surface area contributed by atoms with Crippen LogP contribution in [0.3, 0.4) is 0 Å². The monoisotopic (exact) mass is 241 g/mol. The third-order valence-corrected chi connectivity index (χ3v) is 2.98. The summed E-state index contributed by atoms with van der Waals surface area (Å²) in [6, 6.07) is 3.28. The molecule has 0 heterocycles. The number of unbranched alkanes of at least 4 members (excludes halogenated alkanes) is 4. The van der Waals surface area contributed by atoms with Crippen molar-refractivity contribution in [1.82, 2.24) is 0 Å². The van der Waals surface area contributed by atoms with Crippen LogP contribution in [0.1, 0.15) is 57.1 Å². The summed E-state index contributed by atoms with van der Waals surface area (Å²) < 4.78 is 26.1. The molecule has 1 aromatic rings. The molecular weight excluding hydrogens is 220 g/mol. The van der Waals surface area contributed by atoms with E-state index in [1.165, 1.54) is 31.4 Å². The van der Waals surface area contributed by atoms with Gasteiger partial charge in [-0.05, 0) is 12.5 Å². The lowest BCUT2D eigenvalue weighted by molar-refractivity contribution is 0.518. The van der Waals surface area contributed by atoms with Crippen molar-refractivity contribution in [3.63, 3.8) is 0 Å². The van der Waals surface area contributed by atoms with Crippen LogP contribution in [0, 0.1) is 11.6 Å². The molecule has 96 valence electrons. The summed E-state index contributed by atoms with van der Waals surface area (Å²) in [5, 5.41) is 0. The van der Waals surface area contributed by atoms with Crippen molar-refractivity contribution in [2.75, 3.05) is 0 Å². The van der Waals surface area contributed by atoms with Crippen LogP contribution in [0.15, 0.2) is 18.2 Å². The van der Waals surface area contributed by atoms with E-state index in [0.717, 1.165) is 25.3 Å². The molecule has 0 aliphatic heterocycles. The molecule has 0 aromatic heterocycles. The highest BCUT2D eigenvalue weighted by Gasteiger charge is 2.11.